The van der Waals surface area contributed by atoms with Gasteiger partial charge in [0, 0.05) is 5.56 Å². The van der Waals surface area contributed by atoms with Crippen LogP contribution in [-0.2, 0) is 15.1 Å². The molecule has 0 bridgehead atoms. The minimum Gasteiger partial charge on any atom is -0.461 e. The van der Waals surface area contributed by atoms with Gasteiger partial charge in [-0.05, 0) is 44.1 Å². The largest absolute Gasteiger partial charge is 0.461 e. The molecular formula is C21H30N4O2. The summed E-state index contributed by atoms with van der Waals surface area (Å²) in [6, 6.07) is 8.20. The highest BCUT2D eigenvalue weighted by molar-refractivity contribution is 5.83. The first-order chi connectivity index (χ1) is 12.6. The topological polar surface area (TPSA) is 83.0 Å². The third kappa shape index (κ3) is 4.56. The van der Waals surface area contributed by atoms with Gasteiger partial charge >= 0.3 is 5.97 Å². The highest BCUT2D eigenvalue weighted by Crippen LogP contribution is 2.36. The molecule has 1 aromatic carbocycles. The Morgan fingerprint density at radius 3 is 2.41 bits per heavy atom. The Morgan fingerprint density at radius 1 is 1.26 bits per heavy atom. The summed E-state index contributed by atoms with van der Waals surface area (Å²) in [6.07, 6.45) is 4.59. The van der Waals surface area contributed by atoms with E-state index in [0.717, 1.165) is 16.8 Å². The number of esters is 1. The highest BCUT2D eigenvalue weighted by Gasteiger charge is 2.41. The third-order valence-electron chi connectivity index (χ3n) is 4.64. The van der Waals surface area contributed by atoms with Crippen molar-refractivity contribution >= 4 is 5.97 Å². The van der Waals surface area contributed by atoms with Crippen LogP contribution in [0, 0.1) is 5.41 Å². The first-order valence-corrected chi connectivity index (χ1v) is 9.61. The Kier molecular flexibility index (Phi) is 5.12. The summed E-state index contributed by atoms with van der Waals surface area (Å²) < 4.78 is 7.40. The van der Waals surface area contributed by atoms with E-state index in [9.17, 15) is 4.79 Å². The normalized spacial score (nSPS) is 17.0. The second-order valence-electron chi connectivity index (χ2n) is 9.06. The smallest absolute Gasteiger partial charge is 0.331 e. The van der Waals surface area contributed by atoms with Crippen LogP contribution in [-0.4, -0.2) is 27.1 Å². The number of aromatic nitrogens is 3. The Morgan fingerprint density at radius 2 is 1.89 bits per heavy atom. The molecule has 1 aliphatic rings. The molecule has 146 valence electrons. The molecule has 27 heavy (non-hydrogen) atoms. The summed E-state index contributed by atoms with van der Waals surface area (Å²) in [5, 5.41) is 8.47. The van der Waals surface area contributed by atoms with Crippen molar-refractivity contribution in [1.82, 2.24) is 15.0 Å². The quantitative estimate of drug-likeness (QED) is 0.782. The van der Waals surface area contributed by atoms with Crippen LogP contribution in [0.2, 0.25) is 0 Å². The first kappa shape index (κ1) is 19.5. The van der Waals surface area contributed by atoms with E-state index in [4.69, 9.17) is 10.5 Å². The number of ether oxygens (including phenoxy) is 1. The molecule has 0 amide bonds. The van der Waals surface area contributed by atoms with Gasteiger partial charge in [-0.15, -0.1) is 5.10 Å². The summed E-state index contributed by atoms with van der Waals surface area (Å²) in [6.45, 7) is 9.88. The predicted molar refractivity (Wildman–Crippen MR) is 105 cm³/mol. The molecule has 0 aliphatic heterocycles. The van der Waals surface area contributed by atoms with Crippen molar-refractivity contribution in [1.29, 1.82) is 0 Å². The van der Waals surface area contributed by atoms with Crippen molar-refractivity contribution in [3.63, 3.8) is 0 Å². The molecule has 1 aromatic heterocycles. The van der Waals surface area contributed by atoms with Crippen LogP contribution in [0.3, 0.4) is 0 Å². The van der Waals surface area contributed by atoms with Crippen LogP contribution in [0.4, 0.5) is 0 Å². The second kappa shape index (κ2) is 7.08. The maximum atomic E-state index is 12.8. The lowest BCUT2D eigenvalue weighted by Gasteiger charge is -2.34. The Labute approximate surface area is 161 Å². The minimum absolute atomic E-state index is 0.129. The fraction of sp³-hybridized carbons (Fsp3) is 0.571. The van der Waals surface area contributed by atoms with Gasteiger partial charge in [0.1, 0.15) is 11.2 Å². The van der Waals surface area contributed by atoms with E-state index in [0.29, 0.717) is 12.5 Å². The predicted octanol–water partition coefficient (Wildman–Crippen LogP) is 3.82. The maximum Gasteiger partial charge on any atom is 0.331 e. The Hall–Kier alpha value is -2.21. The number of hydrogen-bond acceptors (Lipinski definition) is 5. The number of carbonyl (C=O) groups is 1. The van der Waals surface area contributed by atoms with E-state index in [1.54, 1.807) is 0 Å². The molecular weight excluding hydrogens is 340 g/mol. The summed E-state index contributed by atoms with van der Waals surface area (Å²) in [5.41, 5.74) is 7.86. The van der Waals surface area contributed by atoms with E-state index in [2.05, 4.69) is 31.1 Å². The SMILES string of the molecule is CC(C)OC(=O)[C@@](N)(CC(C)(C)C)c1ccc(-c2cn(C3CC3)nn2)cc1. The lowest BCUT2D eigenvalue weighted by Crippen LogP contribution is -2.49. The van der Waals surface area contributed by atoms with Crippen LogP contribution in [0.25, 0.3) is 11.3 Å². The van der Waals surface area contributed by atoms with E-state index < -0.39 is 5.54 Å². The van der Waals surface area contributed by atoms with Crippen molar-refractivity contribution in [3.05, 3.63) is 36.0 Å². The first-order valence-electron chi connectivity index (χ1n) is 9.61. The van der Waals surface area contributed by atoms with E-state index in [-0.39, 0.29) is 17.5 Å². The molecule has 0 spiro atoms. The number of nitrogens with zero attached hydrogens (tertiary/aromatic N) is 3. The fourth-order valence-corrected chi connectivity index (χ4v) is 3.31. The van der Waals surface area contributed by atoms with Crippen LogP contribution in [0.1, 0.15) is 65.5 Å². The third-order valence-corrected chi connectivity index (χ3v) is 4.64. The Bertz CT molecular complexity index is 800. The zero-order chi connectivity index (χ0) is 19.8. The molecule has 1 fully saturated rings. The van der Waals surface area contributed by atoms with Gasteiger partial charge in [0.25, 0.3) is 0 Å². The zero-order valence-electron chi connectivity index (χ0n) is 16.9. The standard InChI is InChI=1S/C21H30N4O2/c1-14(2)27-19(26)21(22,13-20(3,4)5)16-8-6-15(7-9-16)18-12-25(24-23-18)17-10-11-17/h6-9,12,14,17H,10-11,13,22H2,1-5H3/t21-/m1/s1. The summed E-state index contributed by atoms with van der Waals surface area (Å²) in [4.78, 5) is 12.8. The Balaban J connectivity index is 1.88. The minimum atomic E-state index is -1.19. The number of benzene rings is 1. The maximum absolute atomic E-state index is 12.8. The molecule has 1 atom stereocenters. The number of nitrogens with two attached hydrogens (primary N) is 1. The van der Waals surface area contributed by atoms with Crippen LogP contribution >= 0.6 is 0 Å². The van der Waals surface area contributed by atoms with Gasteiger partial charge in [-0.25, -0.2) is 9.48 Å². The second-order valence-corrected chi connectivity index (χ2v) is 9.06. The summed E-state index contributed by atoms with van der Waals surface area (Å²) in [5.74, 6) is -0.389. The molecule has 1 aliphatic carbocycles. The molecule has 1 saturated carbocycles. The van der Waals surface area contributed by atoms with Crippen molar-refractivity contribution in [2.24, 2.45) is 11.1 Å². The molecule has 1 heterocycles. The van der Waals surface area contributed by atoms with Gasteiger partial charge in [-0.2, -0.15) is 0 Å². The van der Waals surface area contributed by atoms with Gasteiger partial charge < -0.3 is 10.5 Å². The van der Waals surface area contributed by atoms with Gasteiger partial charge in [0.15, 0.2) is 0 Å². The summed E-state index contributed by atoms with van der Waals surface area (Å²) in [7, 11) is 0. The fourth-order valence-electron chi connectivity index (χ4n) is 3.31. The van der Waals surface area contributed by atoms with Crippen LogP contribution in [0.15, 0.2) is 30.5 Å². The van der Waals surface area contributed by atoms with Crippen molar-refractivity contribution in [2.75, 3.05) is 0 Å². The van der Waals surface area contributed by atoms with Crippen molar-refractivity contribution in [2.45, 2.75) is 71.6 Å². The molecule has 2 N–H and O–H groups in total. The van der Waals surface area contributed by atoms with E-state index >= 15 is 0 Å². The van der Waals surface area contributed by atoms with Crippen LogP contribution in [0.5, 0.6) is 0 Å². The number of rotatable bonds is 6. The lowest BCUT2D eigenvalue weighted by molar-refractivity contribution is -0.156. The van der Waals surface area contributed by atoms with Gasteiger partial charge in [0.05, 0.1) is 18.3 Å². The average Bonchev–Trinajstić information content (AvgIpc) is 3.30. The number of carbonyl (C=O) groups excluding carboxylic acids is 1. The molecule has 6 nitrogen and oxygen atoms in total. The van der Waals surface area contributed by atoms with Gasteiger partial charge in [0.2, 0.25) is 0 Å². The average molecular weight is 370 g/mol. The monoisotopic (exact) mass is 370 g/mol. The van der Waals surface area contributed by atoms with E-state index in [1.165, 1.54) is 12.8 Å². The molecule has 6 heteroatoms. The van der Waals surface area contributed by atoms with Gasteiger partial charge in [-0.3, -0.25) is 0 Å². The molecule has 0 unspecified atom stereocenters. The molecule has 2 aromatic rings. The zero-order valence-corrected chi connectivity index (χ0v) is 16.9. The highest BCUT2D eigenvalue weighted by atomic mass is 16.5. The molecule has 3 rings (SSSR count). The molecule has 0 radical (unpaired) electrons. The molecule has 0 saturated heterocycles. The van der Waals surface area contributed by atoms with Gasteiger partial charge in [-0.1, -0.05) is 50.3 Å². The van der Waals surface area contributed by atoms with Crippen molar-refractivity contribution < 1.29 is 9.53 Å². The lowest BCUT2D eigenvalue weighted by atomic mass is 9.76. The van der Waals surface area contributed by atoms with Crippen LogP contribution < -0.4 is 5.73 Å². The van der Waals surface area contributed by atoms with Crippen molar-refractivity contribution in [3.8, 4) is 11.3 Å². The summed E-state index contributed by atoms with van der Waals surface area (Å²) >= 11 is 0. The number of hydrogen-bond donors (Lipinski definition) is 1. The van der Waals surface area contributed by atoms with E-state index in [1.807, 2.05) is 49.0 Å².